The number of ether oxygens (including phenoxy) is 1. The molecule has 0 amide bonds. The van der Waals surface area contributed by atoms with Gasteiger partial charge in [-0.15, -0.1) is 0 Å². The quantitative estimate of drug-likeness (QED) is 0.694. The predicted molar refractivity (Wildman–Crippen MR) is 75.5 cm³/mol. The molecule has 21 heavy (non-hydrogen) atoms. The monoisotopic (exact) mass is 288 g/mol. The van der Waals surface area contributed by atoms with E-state index < -0.39 is 10.7 Å². The van der Waals surface area contributed by atoms with E-state index in [0.717, 1.165) is 17.2 Å². The molecule has 0 saturated heterocycles. The lowest BCUT2D eigenvalue weighted by Crippen LogP contribution is -2.23. The number of rotatable bonds is 3. The first-order valence-electron chi connectivity index (χ1n) is 6.51. The highest BCUT2D eigenvalue weighted by Gasteiger charge is 2.23. The van der Waals surface area contributed by atoms with Gasteiger partial charge in [-0.1, -0.05) is 24.3 Å². The fourth-order valence-electron chi connectivity index (χ4n) is 2.47. The largest absolute Gasteiger partial charge is 0.374 e. The van der Waals surface area contributed by atoms with Crippen LogP contribution in [0.3, 0.4) is 0 Å². The molecule has 1 aliphatic rings. The first kappa shape index (κ1) is 13.5. The number of anilines is 1. The van der Waals surface area contributed by atoms with Gasteiger partial charge in [0.1, 0.15) is 11.5 Å². The highest BCUT2D eigenvalue weighted by atomic mass is 19.1. The third-order valence-corrected chi connectivity index (χ3v) is 3.46. The SMILES string of the molecule is O=[N+]([O-])c1cc(F)ccc1NC1COCc2ccccc21. The molecule has 1 heterocycles. The number of nitrogens with zero attached hydrogens (tertiary/aromatic N) is 1. The lowest BCUT2D eigenvalue weighted by molar-refractivity contribution is -0.384. The van der Waals surface area contributed by atoms with E-state index >= 15 is 0 Å². The summed E-state index contributed by atoms with van der Waals surface area (Å²) in [5, 5.41) is 14.1. The van der Waals surface area contributed by atoms with Gasteiger partial charge in [-0.05, 0) is 23.3 Å². The minimum atomic E-state index is -0.632. The molecule has 0 radical (unpaired) electrons. The Morgan fingerprint density at radius 1 is 1.29 bits per heavy atom. The van der Waals surface area contributed by atoms with Crippen LogP contribution in [0.2, 0.25) is 0 Å². The van der Waals surface area contributed by atoms with Crippen LogP contribution < -0.4 is 5.32 Å². The van der Waals surface area contributed by atoms with E-state index in [1.54, 1.807) is 0 Å². The number of halogens is 1. The molecule has 5 nitrogen and oxygen atoms in total. The zero-order valence-corrected chi connectivity index (χ0v) is 11.1. The summed E-state index contributed by atoms with van der Waals surface area (Å²) < 4.78 is 18.7. The van der Waals surface area contributed by atoms with Gasteiger partial charge in [-0.25, -0.2) is 4.39 Å². The lowest BCUT2D eigenvalue weighted by atomic mass is 9.99. The summed E-state index contributed by atoms with van der Waals surface area (Å²) in [6.07, 6.45) is 0. The van der Waals surface area contributed by atoms with Crippen LogP contribution in [0.15, 0.2) is 42.5 Å². The van der Waals surface area contributed by atoms with Crippen molar-refractivity contribution in [1.82, 2.24) is 0 Å². The van der Waals surface area contributed by atoms with E-state index in [9.17, 15) is 14.5 Å². The van der Waals surface area contributed by atoms with Crippen LogP contribution >= 0.6 is 0 Å². The molecule has 1 atom stereocenters. The Morgan fingerprint density at radius 2 is 2.10 bits per heavy atom. The van der Waals surface area contributed by atoms with Gasteiger partial charge in [0.2, 0.25) is 0 Å². The number of fused-ring (bicyclic) bond motifs is 1. The molecule has 0 bridgehead atoms. The number of hydrogen-bond donors (Lipinski definition) is 1. The van der Waals surface area contributed by atoms with Gasteiger partial charge in [-0.3, -0.25) is 10.1 Å². The van der Waals surface area contributed by atoms with Crippen molar-refractivity contribution in [3.8, 4) is 0 Å². The Bertz CT molecular complexity index is 690. The maximum absolute atomic E-state index is 13.2. The molecule has 1 N–H and O–H groups in total. The molecule has 2 aromatic carbocycles. The number of nitro groups is 1. The summed E-state index contributed by atoms with van der Waals surface area (Å²) in [7, 11) is 0. The summed E-state index contributed by atoms with van der Waals surface area (Å²) in [6.45, 7) is 0.936. The summed E-state index contributed by atoms with van der Waals surface area (Å²) in [4.78, 5) is 10.4. The van der Waals surface area contributed by atoms with Gasteiger partial charge in [0.25, 0.3) is 5.69 Å². The topological polar surface area (TPSA) is 64.4 Å². The standard InChI is InChI=1S/C15H13FN2O3/c16-11-5-6-13(15(7-11)18(19)20)17-14-9-21-8-10-3-1-2-4-12(10)14/h1-7,14,17H,8-9H2. The molecule has 2 aromatic rings. The molecule has 3 rings (SSSR count). The Labute approximate surface area is 120 Å². The molecule has 1 unspecified atom stereocenters. The molecule has 0 aromatic heterocycles. The van der Waals surface area contributed by atoms with Crippen molar-refractivity contribution < 1.29 is 14.1 Å². The summed E-state index contributed by atoms with van der Waals surface area (Å²) >= 11 is 0. The molecule has 108 valence electrons. The fraction of sp³-hybridized carbons (Fsp3) is 0.200. The predicted octanol–water partition coefficient (Wildman–Crippen LogP) is 3.42. The van der Waals surface area contributed by atoms with Gasteiger partial charge < -0.3 is 10.1 Å². The molecule has 6 heteroatoms. The van der Waals surface area contributed by atoms with Crippen molar-refractivity contribution in [1.29, 1.82) is 0 Å². The second-order valence-corrected chi connectivity index (χ2v) is 4.83. The first-order valence-corrected chi connectivity index (χ1v) is 6.51. The van der Waals surface area contributed by atoms with E-state index in [4.69, 9.17) is 4.74 Å². The van der Waals surface area contributed by atoms with Crippen molar-refractivity contribution in [2.45, 2.75) is 12.6 Å². The molecule has 0 saturated carbocycles. The molecule has 0 aliphatic carbocycles. The van der Waals surface area contributed by atoms with Crippen LogP contribution in [0.25, 0.3) is 0 Å². The lowest BCUT2D eigenvalue weighted by Gasteiger charge is -2.27. The van der Waals surface area contributed by atoms with Crippen LogP contribution in [-0.4, -0.2) is 11.5 Å². The fourth-order valence-corrected chi connectivity index (χ4v) is 2.47. The van der Waals surface area contributed by atoms with E-state index in [-0.39, 0.29) is 17.4 Å². The molecular weight excluding hydrogens is 275 g/mol. The second-order valence-electron chi connectivity index (χ2n) is 4.83. The number of nitrogens with one attached hydrogen (secondary N) is 1. The Hall–Kier alpha value is -2.47. The van der Waals surface area contributed by atoms with Crippen molar-refractivity contribution >= 4 is 11.4 Å². The zero-order chi connectivity index (χ0) is 14.8. The third kappa shape index (κ3) is 2.71. The Balaban J connectivity index is 1.93. The highest BCUT2D eigenvalue weighted by molar-refractivity contribution is 5.62. The molecule has 0 fully saturated rings. The minimum Gasteiger partial charge on any atom is -0.374 e. The van der Waals surface area contributed by atoms with Crippen LogP contribution in [0, 0.1) is 15.9 Å². The highest BCUT2D eigenvalue weighted by Crippen LogP contribution is 2.32. The zero-order valence-electron chi connectivity index (χ0n) is 11.1. The van der Waals surface area contributed by atoms with Crippen LogP contribution in [0.1, 0.15) is 17.2 Å². The van der Waals surface area contributed by atoms with Gasteiger partial charge in [-0.2, -0.15) is 0 Å². The van der Waals surface area contributed by atoms with Gasteiger partial charge in [0, 0.05) is 0 Å². The molecular formula is C15H13FN2O3. The van der Waals surface area contributed by atoms with Crippen molar-refractivity contribution in [2.75, 3.05) is 11.9 Å². The van der Waals surface area contributed by atoms with E-state index in [1.807, 2.05) is 24.3 Å². The maximum atomic E-state index is 13.2. The molecule has 0 spiro atoms. The van der Waals surface area contributed by atoms with Crippen molar-refractivity contribution in [2.24, 2.45) is 0 Å². The van der Waals surface area contributed by atoms with Gasteiger partial charge in [0.15, 0.2) is 0 Å². The number of hydrogen-bond acceptors (Lipinski definition) is 4. The van der Waals surface area contributed by atoms with Gasteiger partial charge >= 0.3 is 0 Å². The van der Waals surface area contributed by atoms with E-state index in [2.05, 4.69) is 5.32 Å². The van der Waals surface area contributed by atoms with E-state index in [1.165, 1.54) is 12.1 Å². The Morgan fingerprint density at radius 3 is 2.90 bits per heavy atom. The van der Waals surface area contributed by atoms with Crippen LogP contribution in [0.4, 0.5) is 15.8 Å². The van der Waals surface area contributed by atoms with Crippen LogP contribution in [0.5, 0.6) is 0 Å². The molecule has 1 aliphatic heterocycles. The number of benzene rings is 2. The maximum Gasteiger partial charge on any atom is 0.295 e. The second kappa shape index (κ2) is 5.49. The average molecular weight is 288 g/mol. The number of nitro benzene ring substituents is 1. The summed E-state index contributed by atoms with van der Waals surface area (Å²) in [5.41, 5.74) is 2.10. The first-order chi connectivity index (χ1) is 10.1. The Kier molecular flexibility index (Phi) is 3.53. The average Bonchev–Trinajstić information content (AvgIpc) is 2.49. The smallest absolute Gasteiger partial charge is 0.295 e. The van der Waals surface area contributed by atoms with Crippen molar-refractivity contribution in [3.63, 3.8) is 0 Å². The summed E-state index contributed by atoms with van der Waals surface area (Å²) in [5.74, 6) is -0.632. The van der Waals surface area contributed by atoms with E-state index in [0.29, 0.717) is 13.2 Å². The van der Waals surface area contributed by atoms with Gasteiger partial charge in [0.05, 0.1) is 30.2 Å². The normalized spacial score (nSPS) is 17.1. The third-order valence-electron chi connectivity index (χ3n) is 3.46. The van der Waals surface area contributed by atoms with Crippen molar-refractivity contribution in [3.05, 3.63) is 69.5 Å². The van der Waals surface area contributed by atoms with Crippen LogP contribution in [-0.2, 0) is 11.3 Å². The summed E-state index contributed by atoms with van der Waals surface area (Å²) in [6, 6.07) is 11.1. The minimum absolute atomic E-state index is 0.195.